The molecule has 2 amide bonds. The molecule has 5 nitrogen and oxygen atoms in total. The van der Waals surface area contributed by atoms with Crippen molar-refractivity contribution in [1.82, 2.24) is 4.90 Å². The Morgan fingerprint density at radius 2 is 1.51 bits per heavy atom. The highest BCUT2D eigenvalue weighted by molar-refractivity contribution is 5.90. The zero-order valence-electron chi connectivity index (χ0n) is 21.5. The Labute approximate surface area is 228 Å². The zero-order chi connectivity index (χ0) is 30.3. The minimum Gasteiger partial charge on any atom is -0.449 e. The third kappa shape index (κ3) is 6.72. The van der Waals surface area contributed by atoms with Crippen LogP contribution in [-0.4, -0.2) is 30.1 Å². The Hall–Kier alpha value is -3.45. The molecule has 0 saturated heterocycles. The standard InChI is InChI=1S/C27H25F9N2O3/c1-2-7-41-24(40)38-21-6-5-17(25(28,29)30)11-20(21)23(12-22(38)16-3-4-16)37(14-39)13-15-8-18(26(31,32)33)10-19(9-15)27(34,35)36/h5-6,8-11,14,16,22-23H,2-4,7,12-13H2,1H3/t22-,23-/m1/s1. The van der Waals surface area contributed by atoms with Gasteiger partial charge in [0.1, 0.15) is 0 Å². The molecule has 0 bridgehead atoms. The minimum atomic E-state index is -5.13. The minimum absolute atomic E-state index is 0.0270. The van der Waals surface area contributed by atoms with E-state index in [-0.39, 0.29) is 42.7 Å². The first-order valence-corrected chi connectivity index (χ1v) is 12.7. The predicted octanol–water partition coefficient (Wildman–Crippen LogP) is 7.98. The number of fused-ring (bicyclic) bond motifs is 1. The molecule has 1 heterocycles. The number of anilines is 1. The van der Waals surface area contributed by atoms with Gasteiger partial charge < -0.3 is 9.64 Å². The molecule has 14 heteroatoms. The van der Waals surface area contributed by atoms with Gasteiger partial charge in [0.25, 0.3) is 0 Å². The molecule has 4 rings (SSSR count). The Morgan fingerprint density at radius 3 is 2.00 bits per heavy atom. The molecule has 1 saturated carbocycles. The van der Waals surface area contributed by atoms with E-state index in [1.807, 2.05) is 0 Å². The molecule has 2 aliphatic rings. The number of alkyl halides is 9. The van der Waals surface area contributed by atoms with Gasteiger partial charge in [0, 0.05) is 12.6 Å². The van der Waals surface area contributed by atoms with E-state index in [2.05, 4.69) is 0 Å². The summed E-state index contributed by atoms with van der Waals surface area (Å²) in [5, 5.41) is 0. The maximum Gasteiger partial charge on any atom is 0.416 e. The quantitative estimate of drug-likeness (QED) is 0.241. The summed E-state index contributed by atoms with van der Waals surface area (Å²) in [5.41, 5.74) is -4.88. The summed E-state index contributed by atoms with van der Waals surface area (Å²) in [4.78, 5) is 27.4. The van der Waals surface area contributed by atoms with Gasteiger partial charge in [-0.25, -0.2) is 4.79 Å². The van der Waals surface area contributed by atoms with Gasteiger partial charge in [-0.15, -0.1) is 0 Å². The predicted molar refractivity (Wildman–Crippen MR) is 127 cm³/mol. The number of rotatable bonds is 7. The molecule has 0 radical (unpaired) electrons. The van der Waals surface area contributed by atoms with E-state index in [4.69, 9.17) is 4.74 Å². The van der Waals surface area contributed by atoms with Crippen LogP contribution in [-0.2, 0) is 34.6 Å². The second kappa shape index (κ2) is 11.1. The summed E-state index contributed by atoms with van der Waals surface area (Å²) < 4.78 is 127. The molecule has 0 spiro atoms. The van der Waals surface area contributed by atoms with Crippen LogP contribution in [0.1, 0.15) is 66.5 Å². The Bertz CT molecular complexity index is 1250. The van der Waals surface area contributed by atoms with Crippen molar-refractivity contribution in [2.75, 3.05) is 11.5 Å². The number of hydrogen-bond donors (Lipinski definition) is 0. The van der Waals surface area contributed by atoms with Crippen molar-refractivity contribution >= 4 is 18.2 Å². The maximum atomic E-state index is 13.7. The van der Waals surface area contributed by atoms with E-state index in [9.17, 15) is 49.1 Å². The first-order valence-electron chi connectivity index (χ1n) is 12.7. The number of ether oxygens (including phenoxy) is 1. The smallest absolute Gasteiger partial charge is 0.416 e. The summed E-state index contributed by atoms with van der Waals surface area (Å²) in [6.07, 6.45) is -13.9. The molecular weight excluding hydrogens is 571 g/mol. The molecule has 0 N–H and O–H groups in total. The lowest BCUT2D eigenvalue weighted by atomic mass is 9.86. The highest BCUT2D eigenvalue weighted by Gasteiger charge is 2.47. The number of halogens is 9. The highest BCUT2D eigenvalue weighted by Crippen LogP contribution is 2.49. The van der Waals surface area contributed by atoms with E-state index >= 15 is 0 Å². The average Bonchev–Trinajstić information content (AvgIpc) is 3.73. The van der Waals surface area contributed by atoms with Gasteiger partial charge in [0.05, 0.1) is 35.0 Å². The number of hydrogen-bond acceptors (Lipinski definition) is 3. The van der Waals surface area contributed by atoms with Gasteiger partial charge >= 0.3 is 24.6 Å². The second-order valence-electron chi connectivity index (χ2n) is 10.1. The fourth-order valence-corrected chi connectivity index (χ4v) is 5.09. The van der Waals surface area contributed by atoms with E-state index in [1.54, 1.807) is 6.92 Å². The summed E-state index contributed by atoms with van der Waals surface area (Å²) in [7, 11) is 0. The molecule has 0 unspecified atom stereocenters. The zero-order valence-corrected chi connectivity index (χ0v) is 21.5. The Balaban J connectivity index is 1.81. The summed E-state index contributed by atoms with van der Waals surface area (Å²) in [6.45, 7) is 1.04. The summed E-state index contributed by atoms with van der Waals surface area (Å²) in [6, 6.07) is 1.65. The van der Waals surface area contributed by atoms with E-state index < -0.39 is 65.5 Å². The number of carbonyl (C=O) groups is 2. The van der Waals surface area contributed by atoms with Crippen molar-refractivity contribution in [3.05, 3.63) is 64.2 Å². The van der Waals surface area contributed by atoms with Crippen molar-refractivity contribution in [3.8, 4) is 0 Å². The van der Waals surface area contributed by atoms with Gasteiger partial charge in [-0.05, 0) is 79.1 Å². The lowest BCUT2D eigenvalue weighted by Gasteiger charge is -2.43. The molecule has 2 aromatic carbocycles. The molecule has 0 aromatic heterocycles. The van der Waals surface area contributed by atoms with Gasteiger partial charge in [-0.2, -0.15) is 39.5 Å². The third-order valence-electron chi connectivity index (χ3n) is 7.11. The molecule has 1 fully saturated rings. The summed E-state index contributed by atoms with van der Waals surface area (Å²) >= 11 is 0. The highest BCUT2D eigenvalue weighted by atomic mass is 19.4. The Kier molecular flexibility index (Phi) is 8.25. The van der Waals surface area contributed by atoms with Crippen molar-refractivity contribution in [2.24, 2.45) is 5.92 Å². The van der Waals surface area contributed by atoms with Crippen LogP contribution in [0.2, 0.25) is 0 Å². The van der Waals surface area contributed by atoms with Gasteiger partial charge in [0.2, 0.25) is 6.41 Å². The normalized spacial score (nSPS) is 19.5. The number of benzene rings is 2. The number of nitrogens with zero attached hydrogens (tertiary/aromatic N) is 2. The first kappa shape index (κ1) is 30.5. The molecule has 2 atom stereocenters. The van der Waals surface area contributed by atoms with Crippen molar-refractivity contribution < 1.29 is 53.8 Å². The second-order valence-corrected chi connectivity index (χ2v) is 10.1. The largest absolute Gasteiger partial charge is 0.449 e. The lowest BCUT2D eigenvalue weighted by Crippen LogP contribution is -2.49. The van der Waals surface area contributed by atoms with Crippen LogP contribution < -0.4 is 4.90 Å². The van der Waals surface area contributed by atoms with Crippen LogP contribution in [0.5, 0.6) is 0 Å². The molecule has 224 valence electrons. The monoisotopic (exact) mass is 596 g/mol. The van der Waals surface area contributed by atoms with Crippen LogP contribution in [0.3, 0.4) is 0 Å². The van der Waals surface area contributed by atoms with Crippen LogP contribution in [0.25, 0.3) is 0 Å². The first-order chi connectivity index (χ1) is 19.0. The molecule has 1 aliphatic carbocycles. The lowest BCUT2D eigenvalue weighted by molar-refractivity contribution is -0.143. The fraction of sp³-hybridized carbons (Fsp3) is 0.481. The SMILES string of the molecule is CCCOC(=O)N1c2ccc(C(F)(F)F)cc2[C@H](N(C=O)Cc2cc(C(F)(F)F)cc(C(F)(F)F)c2)C[C@@H]1C1CC1. The molecule has 1 aliphatic heterocycles. The van der Waals surface area contributed by atoms with E-state index in [1.165, 1.54) is 4.90 Å². The van der Waals surface area contributed by atoms with Crippen LogP contribution in [0.15, 0.2) is 36.4 Å². The van der Waals surface area contributed by atoms with E-state index in [0.717, 1.165) is 23.1 Å². The topological polar surface area (TPSA) is 49.9 Å². The molecular formula is C27H25F9N2O3. The van der Waals surface area contributed by atoms with Crippen LogP contribution in [0.4, 0.5) is 50.0 Å². The third-order valence-corrected chi connectivity index (χ3v) is 7.11. The average molecular weight is 596 g/mol. The molecule has 2 aromatic rings. The van der Waals surface area contributed by atoms with Gasteiger partial charge in [-0.1, -0.05) is 6.92 Å². The maximum absolute atomic E-state index is 13.7. The number of carbonyl (C=O) groups excluding carboxylic acids is 2. The van der Waals surface area contributed by atoms with Crippen LogP contribution in [0, 0.1) is 5.92 Å². The number of amides is 2. The van der Waals surface area contributed by atoms with Crippen molar-refractivity contribution in [1.29, 1.82) is 0 Å². The van der Waals surface area contributed by atoms with Crippen LogP contribution >= 0.6 is 0 Å². The van der Waals surface area contributed by atoms with Gasteiger partial charge in [-0.3, -0.25) is 9.69 Å². The van der Waals surface area contributed by atoms with Crippen molar-refractivity contribution in [3.63, 3.8) is 0 Å². The van der Waals surface area contributed by atoms with E-state index in [0.29, 0.717) is 31.4 Å². The summed E-state index contributed by atoms with van der Waals surface area (Å²) in [5.74, 6) is -0.0824. The fourth-order valence-electron chi connectivity index (χ4n) is 5.09. The van der Waals surface area contributed by atoms with Gasteiger partial charge in [0.15, 0.2) is 0 Å². The molecule has 41 heavy (non-hydrogen) atoms. The Morgan fingerprint density at radius 1 is 0.927 bits per heavy atom. The van der Waals surface area contributed by atoms with Crippen molar-refractivity contribution in [2.45, 2.75) is 69.8 Å².